The van der Waals surface area contributed by atoms with E-state index < -0.39 is 0 Å². The maximum atomic E-state index is 6.21. The summed E-state index contributed by atoms with van der Waals surface area (Å²) in [7, 11) is 0. The lowest BCUT2D eigenvalue weighted by atomic mass is 10.2. The number of thioether (sulfide) groups is 1. The maximum absolute atomic E-state index is 6.21. The van der Waals surface area contributed by atoms with Crippen LogP contribution in [0.25, 0.3) is 21.9 Å². The van der Waals surface area contributed by atoms with Crippen LogP contribution in [0.1, 0.15) is 19.4 Å². The summed E-state index contributed by atoms with van der Waals surface area (Å²) in [6.45, 7) is 4.00. The van der Waals surface area contributed by atoms with Gasteiger partial charge in [-0.25, -0.2) is 9.97 Å². The van der Waals surface area contributed by atoms with E-state index >= 15 is 0 Å². The molecule has 0 aliphatic rings. The van der Waals surface area contributed by atoms with Crippen molar-refractivity contribution >= 4 is 45.7 Å². The van der Waals surface area contributed by atoms with Crippen LogP contribution in [0.3, 0.4) is 0 Å². The van der Waals surface area contributed by atoms with Crippen LogP contribution in [0.15, 0.2) is 58.9 Å². The number of H-pyrrole nitrogens is 1. The van der Waals surface area contributed by atoms with Crippen LogP contribution in [0, 0.1) is 0 Å². The van der Waals surface area contributed by atoms with Crippen molar-refractivity contribution < 1.29 is 0 Å². The highest BCUT2D eigenvalue weighted by Gasteiger charge is 2.08. The fourth-order valence-electron chi connectivity index (χ4n) is 2.30. The number of aromatic amines is 1. The highest BCUT2D eigenvalue weighted by molar-refractivity contribution is 7.98. The highest BCUT2D eigenvalue weighted by Crippen LogP contribution is 2.29. The summed E-state index contributed by atoms with van der Waals surface area (Å²) in [6.07, 6.45) is 1.79. The quantitative estimate of drug-likeness (QED) is 0.398. The monoisotopic (exact) mass is 387 g/mol. The Balaban J connectivity index is 0.000000880. The molecule has 0 radical (unpaired) electrons. The fraction of sp³-hybridized carbons (Fsp3) is 0.158. The van der Waals surface area contributed by atoms with Crippen LogP contribution >= 0.6 is 34.7 Å². The molecule has 4 rings (SSSR count). The van der Waals surface area contributed by atoms with Gasteiger partial charge in [-0.2, -0.15) is 0 Å². The third-order valence-corrected chi connectivity index (χ3v) is 5.63. The molecular formula is C19H18ClN3S2. The maximum Gasteiger partial charge on any atom is 0.167 e. The molecule has 2 heterocycles. The van der Waals surface area contributed by atoms with E-state index in [1.165, 1.54) is 4.90 Å². The molecule has 4 aromatic rings. The molecule has 1 N–H and O–H groups in total. The minimum Gasteiger partial charge on any atom is -0.336 e. The van der Waals surface area contributed by atoms with Gasteiger partial charge in [0.25, 0.3) is 0 Å². The number of imidazole rings is 1. The zero-order chi connectivity index (χ0) is 17.6. The molecule has 128 valence electrons. The van der Waals surface area contributed by atoms with Gasteiger partial charge >= 0.3 is 0 Å². The van der Waals surface area contributed by atoms with E-state index in [2.05, 4.69) is 33.2 Å². The number of benzene rings is 2. The van der Waals surface area contributed by atoms with Crippen molar-refractivity contribution in [2.24, 2.45) is 0 Å². The second kappa shape index (κ2) is 8.52. The zero-order valence-electron chi connectivity index (χ0n) is 14.0. The summed E-state index contributed by atoms with van der Waals surface area (Å²) >= 11 is 9.55. The second-order valence-electron chi connectivity index (χ2n) is 4.98. The lowest BCUT2D eigenvalue weighted by Gasteiger charge is -2.04. The third-order valence-electron chi connectivity index (χ3n) is 3.44. The Labute approximate surface area is 160 Å². The molecule has 2 aromatic heterocycles. The zero-order valence-corrected chi connectivity index (χ0v) is 16.4. The Morgan fingerprint density at radius 1 is 1.16 bits per heavy atom. The Morgan fingerprint density at radius 2 is 2.00 bits per heavy atom. The van der Waals surface area contributed by atoms with E-state index in [-0.39, 0.29) is 0 Å². The number of nitrogens with one attached hydrogen (secondary N) is 1. The molecule has 25 heavy (non-hydrogen) atoms. The van der Waals surface area contributed by atoms with Crippen LogP contribution in [0.4, 0.5) is 0 Å². The molecule has 2 aromatic carbocycles. The number of fused-ring (bicyclic) bond motifs is 1. The molecule has 0 atom stereocenters. The lowest BCUT2D eigenvalue weighted by molar-refractivity contribution is 1.29. The fourth-order valence-corrected chi connectivity index (χ4v) is 4.10. The van der Waals surface area contributed by atoms with Crippen molar-refractivity contribution in [3.63, 3.8) is 0 Å². The predicted molar refractivity (Wildman–Crippen MR) is 110 cm³/mol. The molecule has 3 nitrogen and oxygen atoms in total. The van der Waals surface area contributed by atoms with Crippen molar-refractivity contribution in [2.45, 2.75) is 24.5 Å². The first kappa shape index (κ1) is 18.0. The van der Waals surface area contributed by atoms with E-state index in [9.17, 15) is 0 Å². The molecule has 0 bridgehead atoms. The van der Waals surface area contributed by atoms with Crippen molar-refractivity contribution in [3.05, 3.63) is 64.6 Å². The minimum atomic E-state index is 0.814. The van der Waals surface area contributed by atoms with Gasteiger partial charge in [0.1, 0.15) is 0 Å². The molecule has 0 aliphatic heterocycles. The summed E-state index contributed by atoms with van der Waals surface area (Å²) in [6, 6.07) is 14.2. The Hall–Kier alpha value is -1.82. The van der Waals surface area contributed by atoms with E-state index in [1.807, 2.05) is 43.5 Å². The largest absolute Gasteiger partial charge is 0.336 e. The Bertz CT molecular complexity index is 948. The van der Waals surface area contributed by atoms with Crippen molar-refractivity contribution in [1.29, 1.82) is 0 Å². The summed E-state index contributed by atoms with van der Waals surface area (Å²) in [5, 5.41) is 3.67. The number of rotatable bonds is 4. The first-order valence-corrected chi connectivity index (χ1v) is 10.3. The van der Waals surface area contributed by atoms with E-state index in [0.29, 0.717) is 0 Å². The lowest BCUT2D eigenvalue weighted by Crippen LogP contribution is -1.82. The van der Waals surface area contributed by atoms with Gasteiger partial charge in [0.05, 0.1) is 11.0 Å². The topological polar surface area (TPSA) is 41.6 Å². The van der Waals surface area contributed by atoms with Crippen molar-refractivity contribution in [3.8, 4) is 10.8 Å². The van der Waals surface area contributed by atoms with Gasteiger partial charge in [0.15, 0.2) is 10.8 Å². The van der Waals surface area contributed by atoms with Gasteiger partial charge in [-0.15, -0.1) is 23.1 Å². The summed E-state index contributed by atoms with van der Waals surface area (Å²) in [5.74, 6) is 1.67. The number of halogens is 1. The van der Waals surface area contributed by atoms with Crippen LogP contribution in [0.5, 0.6) is 0 Å². The molecule has 0 saturated heterocycles. The average molecular weight is 388 g/mol. The van der Waals surface area contributed by atoms with Gasteiger partial charge in [0.2, 0.25) is 0 Å². The van der Waals surface area contributed by atoms with Crippen molar-refractivity contribution in [2.75, 3.05) is 0 Å². The Morgan fingerprint density at radius 3 is 2.76 bits per heavy atom. The molecule has 0 saturated carbocycles. The number of aromatic nitrogens is 3. The van der Waals surface area contributed by atoms with Gasteiger partial charge in [-0.3, -0.25) is 0 Å². The van der Waals surface area contributed by atoms with Gasteiger partial charge in [-0.1, -0.05) is 43.6 Å². The van der Waals surface area contributed by atoms with Crippen LogP contribution in [0.2, 0.25) is 5.02 Å². The minimum absolute atomic E-state index is 0.814. The summed E-state index contributed by atoms with van der Waals surface area (Å²) in [5.41, 5.74) is 3.13. The van der Waals surface area contributed by atoms with Gasteiger partial charge in [-0.05, 0) is 29.8 Å². The van der Waals surface area contributed by atoms with E-state index in [1.54, 1.807) is 29.3 Å². The third kappa shape index (κ3) is 4.24. The van der Waals surface area contributed by atoms with Crippen LogP contribution < -0.4 is 0 Å². The predicted octanol–water partition coefficient (Wildman–Crippen LogP) is 6.66. The second-order valence-corrected chi connectivity index (χ2v) is 7.33. The first-order valence-electron chi connectivity index (χ1n) is 8.05. The van der Waals surface area contributed by atoms with Crippen molar-refractivity contribution in [1.82, 2.24) is 15.0 Å². The molecule has 0 fully saturated rings. The highest BCUT2D eigenvalue weighted by atomic mass is 35.5. The number of hydrogen-bond acceptors (Lipinski definition) is 4. The molecule has 0 aliphatic carbocycles. The summed E-state index contributed by atoms with van der Waals surface area (Å²) in [4.78, 5) is 13.4. The normalized spacial score (nSPS) is 10.5. The van der Waals surface area contributed by atoms with E-state index in [0.717, 1.165) is 38.2 Å². The van der Waals surface area contributed by atoms with E-state index in [4.69, 9.17) is 11.6 Å². The smallest absolute Gasteiger partial charge is 0.167 e. The molecule has 0 amide bonds. The SMILES string of the molecule is CC.Clc1ccccc1CSc1ccc2nc(-c3nccs3)[nH]c2c1. The average Bonchev–Trinajstić information content (AvgIpc) is 3.31. The standard InChI is InChI=1S/C17H12ClN3S2.C2H6/c18-13-4-2-1-3-11(13)10-23-12-5-6-14-15(9-12)21-16(20-14)17-19-7-8-22-17;1-2/h1-9H,10H2,(H,20,21);1-2H3. The first-order chi connectivity index (χ1) is 12.3. The molecular weight excluding hydrogens is 370 g/mol. The number of hydrogen-bond donors (Lipinski definition) is 1. The summed E-state index contributed by atoms with van der Waals surface area (Å²) < 4.78 is 0. The van der Waals surface area contributed by atoms with Crippen LogP contribution in [-0.2, 0) is 5.75 Å². The number of nitrogens with zero attached hydrogens (tertiary/aromatic N) is 2. The van der Waals surface area contributed by atoms with Gasteiger partial charge < -0.3 is 4.98 Å². The Kier molecular flexibility index (Phi) is 6.13. The molecule has 6 heteroatoms. The molecule has 0 unspecified atom stereocenters. The van der Waals surface area contributed by atoms with Crippen LogP contribution in [-0.4, -0.2) is 15.0 Å². The van der Waals surface area contributed by atoms with Gasteiger partial charge in [0, 0.05) is 27.2 Å². The molecule has 0 spiro atoms. The number of thiazole rings is 1.